The fourth-order valence-electron chi connectivity index (χ4n) is 5.73. The van der Waals surface area contributed by atoms with Crippen molar-refractivity contribution in [2.45, 2.75) is 0 Å². The second kappa shape index (κ2) is 7.97. The van der Waals surface area contributed by atoms with Crippen LogP contribution in [0.15, 0.2) is 110 Å². The van der Waals surface area contributed by atoms with E-state index in [9.17, 15) is 9.59 Å². The number of carbonyl (C=O) groups is 2. The standard InChI is InChI=1S/C32H18N4O3/c37-31-16-23(32(38)39-31)19-4-3-5-20(14-19)35-28-9-8-21(15-24(28)26-18-34-13-11-30(26)35)36-27-7-2-1-6-22(27)25-17-33-12-10-29(25)36/h1-18H. The van der Waals surface area contributed by atoms with E-state index in [2.05, 4.69) is 55.5 Å². The number of para-hydroxylation sites is 1. The lowest BCUT2D eigenvalue weighted by molar-refractivity contribution is -0.149. The Morgan fingerprint density at radius 3 is 2.00 bits per heavy atom. The van der Waals surface area contributed by atoms with Gasteiger partial charge in [0.15, 0.2) is 0 Å². The molecule has 184 valence electrons. The third-order valence-electron chi connectivity index (χ3n) is 7.37. The van der Waals surface area contributed by atoms with Gasteiger partial charge in [-0.25, -0.2) is 9.59 Å². The Morgan fingerprint density at radius 2 is 1.26 bits per heavy atom. The van der Waals surface area contributed by atoms with Crippen LogP contribution in [0.25, 0.3) is 60.6 Å². The SMILES string of the molecule is O=C1C=C(c2cccc(-n3c4ccncc4c4cc(-n5c6ccccc6c6cnccc65)ccc43)c2)C(=O)O1. The number of aromatic nitrogens is 4. The van der Waals surface area contributed by atoms with Gasteiger partial charge in [0.2, 0.25) is 0 Å². The molecule has 0 saturated heterocycles. The van der Waals surface area contributed by atoms with Crippen LogP contribution in [0.1, 0.15) is 5.56 Å². The van der Waals surface area contributed by atoms with Crippen LogP contribution in [-0.2, 0) is 14.3 Å². The molecule has 0 aliphatic carbocycles. The van der Waals surface area contributed by atoms with Gasteiger partial charge in [0.05, 0.1) is 27.6 Å². The summed E-state index contributed by atoms with van der Waals surface area (Å²) in [6.45, 7) is 0. The molecule has 0 atom stereocenters. The summed E-state index contributed by atoms with van der Waals surface area (Å²) in [6, 6.07) is 26.4. The van der Waals surface area contributed by atoms with Gasteiger partial charge in [0.25, 0.3) is 0 Å². The van der Waals surface area contributed by atoms with Crippen molar-refractivity contribution in [3.05, 3.63) is 115 Å². The zero-order valence-electron chi connectivity index (χ0n) is 20.4. The highest BCUT2D eigenvalue weighted by Gasteiger charge is 2.25. The fraction of sp³-hybridized carbons (Fsp3) is 0. The number of benzene rings is 3. The van der Waals surface area contributed by atoms with Crippen molar-refractivity contribution in [3.8, 4) is 11.4 Å². The third-order valence-corrected chi connectivity index (χ3v) is 7.37. The zero-order chi connectivity index (χ0) is 26.1. The third kappa shape index (κ3) is 3.10. The Morgan fingerprint density at radius 1 is 0.590 bits per heavy atom. The predicted octanol–water partition coefficient (Wildman–Crippen LogP) is 6.14. The number of fused-ring (bicyclic) bond motifs is 6. The monoisotopic (exact) mass is 506 g/mol. The number of rotatable bonds is 3. The van der Waals surface area contributed by atoms with Crippen LogP contribution >= 0.6 is 0 Å². The number of esters is 2. The molecule has 8 rings (SSSR count). The molecule has 0 unspecified atom stereocenters. The smallest absolute Gasteiger partial charge is 0.346 e. The summed E-state index contributed by atoms with van der Waals surface area (Å²) in [5.74, 6) is -1.27. The summed E-state index contributed by atoms with van der Waals surface area (Å²) in [5, 5.41) is 4.32. The number of carbonyl (C=O) groups excluding carboxylic acids is 2. The molecule has 5 heterocycles. The van der Waals surface area contributed by atoms with Crippen molar-refractivity contribution in [3.63, 3.8) is 0 Å². The number of ether oxygens (including phenoxy) is 1. The number of cyclic esters (lactones) is 2. The van der Waals surface area contributed by atoms with Crippen molar-refractivity contribution in [1.29, 1.82) is 0 Å². The highest BCUT2D eigenvalue weighted by Crippen LogP contribution is 2.36. The molecule has 0 amide bonds. The Balaban J connectivity index is 1.38. The van der Waals surface area contributed by atoms with Crippen LogP contribution in [0.4, 0.5) is 0 Å². The first-order valence-corrected chi connectivity index (χ1v) is 12.5. The average Bonchev–Trinajstić information content (AvgIpc) is 3.61. The lowest BCUT2D eigenvalue weighted by Crippen LogP contribution is -2.02. The van der Waals surface area contributed by atoms with Crippen LogP contribution in [0.5, 0.6) is 0 Å². The molecular formula is C32H18N4O3. The number of pyridine rings is 2. The van der Waals surface area contributed by atoms with E-state index in [1.807, 2.05) is 55.0 Å². The van der Waals surface area contributed by atoms with Gasteiger partial charge in [-0.1, -0.05) is 30.3 Å². The zero-order valence-corrected chi connectivity index (χ0v) is 20.4. The maximum atomic E-state index is 12.2. The van der Waals surface area contributed by atoms with Crippen LogP contribution in [0.2, 0.25) is 0 Å². The molecule has 0 spiro atoms. The summed E-state index contributed by atoms with van der Waals surface area (Å²) in [7, 11) is 0. The highest BCUT2D eigenvalue weighted by molar-refractivity contribution is 6.28. The summed E-state index contributed by atoms with van der Waals surface area (Å²) in [5.41, 5.74) is 6.97. The van der Waals surface area contributed by atoms with Gasteiger partial charge in [-0.2, -0.15) is 0 Å². The minimum Gasteiger partial charge on any atom is -0.386 e. The number of nitrogens with zero attached hydrogens (tertiary/aromatic N) is 4. The Kier molecular flexibility index (Phi) is 4.40. The minimum absolute atomic E-state index is 0.257. The van der Waals surface area contributed by atoms with Gasteiger partial charge in [-0.3, -0.25) is 9.97 Å². The van der Waals surface area contributed by atoms with Gasteiger partial charge in [-0.05, 0) is 54.1 Å². The van der Waals surface area contributed by atoms with E-state index in [1.165, 1.54) is 6.08 Å². The molecule has 7 heteroatoms. The molecule has 0 fully saturated rings. The molecule has 0 radical (unpaired) electrons. The summed E-state index contributed by atoms with van der Waals surface area (Å²) in [6.07, 6.45) is 8.64. The molecule has 0 N–H and O–H groups in total. The van der Waals surface area contributed by atoms with Crippen LogP contribution < -0.4 is 0 Å². The quantitative estimate of drug-likeness (QED) is 0.213. The van der Waals surface area contributed by atoms with Crippen LogP contribution in [-0.4, -0.2) is 31.0 Å². The lowest BCUT2D eigenvalue weighted by Gasteiger charge is -2.11. The highest BCUT2D eigenvalue weighted by atomic mass is 16.6. The molecular weight excluding hydrogens is 488 g/mol. The maximum Gasteiger partial charge on any atom is 0.346 e. The van der Waals surface area contributed by atoms with Gasteiger partial charge in [0, 0.05) is 63.8 Å². The molecule has 0 bridgehead atoms. The van der Waals surface area contributed by atoms with E-state index in [4.69, 9.17) is 4.74 Å². The Labute approximate surface area is 221 Å². The summed E-state index contributed by atoms with van der Waals surface area (Å²) >= 11 is 0. The van der Waals surface area contributed by atoms with Crippen molar-refractivity contribution in [2.24, 2.45) is 0 Å². The number of hydrogen-bond donors (Lipinski definition) is 0. The average molecular weight is 507 g/mol. The van der Waals surface area contributed by atoms with E-state index in [-0.39, 0.29) is 5.57 Å². The van der Waals surface area contributed by atoms with Crippen molar-refractivity contribution in [1.82, 2.24) is 19.1 Å². The predicted molar refractivity (Wildman–Crippen MR) is 150 cm³/mol. The van der Waals surface area contributed by atoms with Gasteiger partial charge < -0.3 is 13.9 Å². The molecule has 1 aliphatic heterocycles. The molecule has 4 aromatic heterocycles. The molecule has 7 nitrogen and oxygen atoms in total. The van der Waals surface area contributed by atoms with Gasteiger partial charge in [0.1, 0.15) is 0 Å². The second-order valence-electron chi connectivity index (χ2n) is 9.49. The molecule has 1 aliphatic rings. The van der Waals surface area contributed by atoms with Gasteiger partial charge in [-0.15, -0.1) is 0 Å². The fourth-order valence-corrected chi connectivity index (χ4v) is 5.73. The first-order chi connectivity index (χ1) is 19.2. The van der Waals surface area contributed by atoms with Crippen molar-refractivity contribution < 1.29 is 14.3 Å². The Hall–Kier alpha value is -5.56. The van der Waals surface area contributed by atoms with E-state index in [0.29, 0.717) is 5.56 Å². The van der Waals surface area contributed by atoms with E-state index in [0.717, 1.165) is 55.0 Å². The van der Waals surface area contributed by atoms with Crippen LogP contribution in [0.3, 0.4) is 0 Å². The molecule has 0 saturated carbocycles. The molecule has 3 aromatic carbocycles. The topological polar surface area (TPSA) is 79.0 Å². The maximum absolute atomic E-state index is 12.2. The van der Waals surface area contributed by atoms with Gasteiger partial charge >= 0.3 is 11.9 Å². The second-order valence-corrected chi connectivity index (χ2v) is 9.49. The first kappa shape index (κ1) is 21.5. The lowest BCUT2D eigenvalue weighted by atomic mass is 10.1. The van der Waals surface area contributed by atoms with Crippen molar-refractivity contribution >= 4 is 61.1 Å². The van der Waals surface area contributed by atoms with E-state index in [1.54, 1.807) is 12.3 Å². The number of hydrogen-bond acceptors (Lipinski definition) is 5. The van der Waals surface area contributed by atoms with E-state index >= 15 is 0 Å². The van der Waals surface area contributed by atoms with Crippen molar-refractivity contribution in [2.75, 3.05) is 0 Å². The van der Waals surface area contributed by atoms with E-state index < -0.39 is 11.9 Å². The Bertz CT molecular complexity index is 2150. The molecule has 39 heavy (non-hydrogen) atoms. The largest absolute Gasteiger partial charge is 0.386 e. The first-order valence-electron chi connectivity index (χ1n) is 12.5. The summed E-state index contributed by atoms with van der Waals surface area (Å²) < 4.78 is 9.13. The molecule has 7 aromatic rings. The minimum atomic E-state index is -0.642. The normalized spacial score (nSPS) is 13.6. The summed E-state index contributed by atoms with van der Waals surface area (Å²) in [4.78, 5) is 32.7. The van der Waals surface area contributed by atoms with Crippen LogP contribution in [0, 0.1) is 0 Å².